The van der Waals surface area contributed by atoms with E-state index in [0.29, 0.717) is 25.3 Å². The van der Waals surface area contributed by atoms with Crippen LogP contribution >= 0.6 is 0 Å². The van der Waals surface area contributed by atoms with Gasteiger partial charge in [-0.25, -0.2) is 0 Å². The van der Waals surface area contributed by atoms with Gasteiger partial charge in [0.1, 0.15) is 0 Å². The highest BCUT2D eigenvalue weighted by Crippen LogP contribution is 2.20. The highest BCUT2D eigenvalue weighted by Gasteiger charge is 2.22. The number of likely N-dealkylation sites (N-methyl/N-ethyl adjacent to an activating group) is 1. The van der Waals surface area contributed by atoms with Crippen LogP contribution in [0.25, 0.3) is 0 Å². The van der Waals surface area contributed by atoms with Crippen molar-refractivity contribution in [3.05, 3.63) is 34.9 Å². The Bertz CT molecular complexity index is 498. The molecular weight excluding hydrogens is 256 g/mol. The van der Waals surface area contributed by atoms with E-state index in [9.17, 15) is 9.90 Å². The van der Waals surface area contributed by atoms with Gasteiger partial charge in [-0.05, 0) is 44.3 Å². The van der Waals surface area contributed by atoms with E-state index in [2.05, 4.69) is 5.32 Å². The monoisotopic (exact) mass is 278 g/mol. The zero-order valence-electron chi connectivity index (χ0n) is 12.3. The maximum absolute atomic E-state index is 12.1. The number of benzene rings is 1. The van der Waals surface area contributed by atoms with Gasteiger partial charge >= 0.3 is 0 Å². The number of nitrogens with zero attached hydrogens (tertiary/aromatic N) is 1. The molecule has 0 spiro atoms. The van der Waals surface area contributed by atoms with Gasteiger partial charge in [0.15, 0.2) is 0 Å². The van der Waals surface area contributed by atoms with Crippen molar-refractivity contribution in [2.75, 3.05) is 27.2 Å². The molecule has 110 valence electrons. The summed E-state index contributed by atoms with van der Waals surface area (Å²) in [5.74, 6) is -0.168. The molecule has 0 saturated carbocycles. The van der Waals surface area contributed by atoms with Gasteiger partial charge < -0.3 is 20.1 Å². The largest absolute Gasteiger partial charge is 0.387 e. The number of ether oxygens (including phenoxy) is 1. The number of aliphatic hydroxyl groups is 1. The number of carbonyl (C=O) groups is 1. The summed E-state index contributed by atoms with van der Waals surface area (Å²) in [6, 6.07) is 5.58. The van der Waals surface area contributed by atoms with Crippen LogP contribution in [-0.2, 0) is 18.0 Å². The van der Waals surface area contributed by atoms with Crippen LogP contribution < -0.4 is 5.32 Å². The number of hydrogen-bond donors (Lipinski definition) is 2. The lowest BCUT2D eigenvalue weighted by atomic mass is 10.0. The molecule has 0 radical (unpaired) electrons. The number of fused-ring (bicyclic) bond motifs is 1. The molecule has 5 heteroatoms. The molecule has 1 aromatic rings. The van der Waals surface area contributed by atoms with Crippen molar-refractivity contribution in [3.8, 4) is 0 Å². The quantitative estimate of drug-likeness (QED) is 0.835. The van der Waals surface area contributed by atoms with E-state index >= 15 is 0 Å². The molecule has 1 amide bonds. The SMILES string of the molecule is CN(C)CC(C)(O)CNC(=O)c1ccc2c(c1)COC2. The molecule has 1 heterocycles. The lowest BCUT2D eigenvalue weighted by molar-refractivity contribution is 0.0326. The highest BCUT2D eigenvalue weighted by atomic mass is 16.5. The van der Waals surface area contributed by atoms with Crippen molar-refractivity contribution in [1.29, 1.82) is 0 Å². The first-order valence-electron chi connectivity index (χ1n) is 6.72. The van der Waals surface area contributed by atoms with E-state index in [1.807, 2.05) is 31.1 Å². The van der Waals surface area contributed by atoms with Gasteiger partial charge in [-0.15, -0.1) is 0 Å². The summed E-state index contributed by atoms with van der Waals surface area (Å²) in [6.45, 7) is 3.61. The van der Waals surface area contributed by atoms with Crippen LogP contribution in [0.3, 0.4) is 0 Å². The Morgan fingerprint density at radius 1 is 1.40 bits per heavy atom. The first-order valence-corrected chi connectivity index (χ1v) is 6.72. The Morgan fingerprint density at radius 2 is 2.10 bits per heavy atom. The summed E-state index contributed by atoms with van der Waals surface area (Å²) in [5, 5.41) is 12.9. The minimum absolute atomic E-state index is 0.168. The topological polar surface area (TPSA) is 61.8 Å². The maximum atomic E-state index is 12.1. The van der Waals surface area contributed by atoms with Crippen LogP contribution in [0.15, 0.2) is 18.2 Å². The Morgan fingerprint density at radius 3 is 2.80 bits per heavy atom. The molecule has 1 aromatic carbocycles. The summed E-state index contributed by atoms with van der Waals surface area (Å²) in [6.07, 6.45) is 0. The molecule has 20 heavy (non-hydrogen) atoms. The van der Waals surface area contributed by atoms with Crippen molar-refractivity contribution in [2.24, 2.45) is 0 Å². The minimum Gasteiger partial charge on any atom is -0.387 e. The second kappa shape index (κ2) is 5.91. The van der Waals surface area contributed by atoms with Gasteiger partial charge in [-0.3, -0.25) is 4.79 Å². The fourth-order valence-corrected chi connectivity index (χ4v) is 2.42. The van der Waals surface area contributed by atoms with Crippen molar-refractivity contribution >= 4 is 5.91 Å². The number of amides is 1. The molecule has 1 atom stereocenters. The lowest BCUT2D eigenvalue weighted by Gasteiger charge is -2.27. The zero-order valence-corrected chi connectivity index (χ0v) is 12.3. The fraction of sp³-hybridized carbons (Fsp3) is 0.533. The van der Waals surface area contributed by atoms with Crippen molar-refractivity contribution < 1.29 is 14.6 Å². The highest BCUT2D eigenvalue weighted by molar-refractivity contribution is 5.94. The lowest BCUT2D eigenvalue weighted by Crippen LogP contribution is -2.47. The molecule has 2 N–H and O–H groups in total. The van der Waals surface area contributed by atoms with Crippen molar-refractivity contribution in [3.63, 3.8) is 0 Å². The molecular formula is C15H22N2O3. The van der Waals surface area contributed by atoms with Gasteiger partial charge in [0.2, 0.25) is 0 Å². The van der Waals surface area contributed by atoms with Crippen molar-refractivity contribution in [1.82, 2.24) is 10.2 Å². The third-order valence-corrected chi connectivity index (χ3v) is 3.27. The van der Waals surface area contributed by atoms with E-state index in [1.165, 1.54) is 0 Å². The third kappa shape index (κ3) is 3.79. The van der Waals surface area contributed by atoms with E-state index in [0.717, 1.165) is 11.1 Å². The Kier molecular flexibility index (Phi) is 4.42. The van der Waals surface area contributed by atoms with E-state index in [4.69, 9.17) is 4.74 Å². The number of carbonyl (C=O) groups excluding carboxylic acids is 1. The Labute approximate surface area is 119 Å². The second-order valence-electron chi connectivity index (χ2n) is 5.89. The summed E-state index contributed by atoms with van der Waals surface area (Å²) in [7, 11) is 3.77. The maximum Gasteiger partial charge on any atom is 0.251 e. The molecule has 0 saturated heterocycles. The molecule has 1 unspecified atom stereocenters. The van der Waals surface area contributed by atoms with Crippen LogP contribution in [0, 0.1) is 0 Å². The average Bonchev–Trinajstić information content (AvgIpc) is 2.81. The van der Waals surface area contributed by atoms with E-state index in [-0.39, 0.29) is 12.5 Å². The first kappa shape index (κ1) is 15.0. The molecule has 0 aromatic heterocycles. The second-order valence-corrected chi connectivity index (χ2v) is 5.89. The van der Waals surface area contributed by atoms with Crippen LogP contribution in [-0.4, -0.2) is 48.7 Å². The zero-order chi connectivity index (χ0) is 14.8. The molecule has 0 fully saturated rings. The molecule has 0 bridgehead atoms. The fourth-order valence-electron chi connectivity index (χ4n) is 2.42. The predicted molar refractivity (Wildman–Crippen MR) is 76.4 cm³/mol. The number of nitrogens with one attached hydrogen (secondary N) is 1. The standard InChI is InChI=1S/C15H22N2O3/c1-15(19,10-17(2)3)9-16-14(18)11-4-5-12-7-20-8-13(12)6-11/h4-6,19H,7-10H2,1-3H3,(H,16,18). The Balaban J connectivity index is 1.95. The molecule has 2 rings (SSSR count). The summed E-state index contributed by atoms with van der Waals surface area (Å²) < 4.78 is 5.33. The third-order valence-electron chi connectivity index (χ3n) is 3.27. The number of hydrogen-bond acceptors (Lipinski definition) is 4. The van der Waals surface area contributed by atoms with Gasteiger partial charge in [-0.1, -0.05) is 6.07 Å². The van der Waals surface area contributed by atoms with Gasteiger partial charge in [-0.2, -0.15) is 0 Å². The summed E-state index contributed by atoms with van der Waals surface area (Å²) >= 11 is 0. The average molecular weight is 278 g/mol. The minimum atomic E-state index is -0.945. The smallest absolute Gasteiger partial charge is 0.251 e. The normalized spacial score (nSPS) is 16.9. The van der Waals surface area contributed by atoms with Gasteiger partial charge in [0, 0.05) is 18.7 Å². The van der Waals surface area contributed by atoms with Crippen molar-refractivity contribution in [2.45, 2.75) is 25.7 Å². The van der Waals surface area contributed by atoms with E-state index in [1.54, 1.807) is 13.0 Å². The first-order chi connectivity index (χ1) is 9.37. The van der Waals surface area contributed by atoms with Crippen LogP contribution in [0.2, 0.25) is 0 Å². The molecule has 1 aliphatic heterocycles. The number of rotatable bonds is 5. The predicted octanol–water partition coefficient (Wildman–Crippen LogP) is 0.759. The van der Waals surface area contributed by atoms with Crippen LogP contribution in [0.1, 0.15) is 28.4 Å². The molecule has 1 aliphatic rings. The summed E-state index contributed by atoms with van der Waals surface area (Å²) in [4.78, 5) is 14.0. The molecule has 0 aliphatic carbocycles. The van der Waals surface area contributed by atoms with E-state index < -0.39 is 5.60 Å². The Hall–Kier alpha value is -1.43. The summed E-state index contributed by atoms with van der Waals surface area (Å²) in [5.41, 5.74) is 1.87. The van der Waals surface area contributed by atoms with Crippen LogP contribution in [0.4, 0.5) is 0 Å². The van der Waals surface area contributed by atoms with Gasteiger partial charge in [0.05, 0.1) is 18.8 Å². The molecule has 5 nitrogen and oxygen atoms in total. The van der Waals surface area contributed by atoms with Crippen LogP contribution in [0.5, 0.6) is 0 Å². The van der Waals surface area contributed by atoms with Gasteiger partial charge in [0.25, 0.3) is 5.91 Å².